The summed E-state index contributed by atoms with van der Waals surface area (Å²) in [6, 6.07) is 0. The fourth-order valence-electron chi connectivity index (χ4n) is 0.757. The van der Waals surface area contributed by atoms with Crippen LogP contribution in [0, 0.1) is 0 Å². The fraction of sp³-hybridized carbons (Fsp3) is 0.900. The Kier molecular flexibility index (Phi) is 5.45. The Morgan fingerprint density at radius 2 is 1.92 bits per heavy atom. The molecular weight excluding hydrogens is 182 g/mol. The highest BCUT2D eigenvalue weighted by Gasteiger charge is 2.18. The van der Waals surface area contributed by atoms with Gasteiger partial charge in [-0.25, -0.2) is 4.21 Å². The average Bonchev–Trinajstić information content (AvgIpc) is 1.99. The summed E-state index contributed by atoms with van der Waals surface area (Å²) in [4.78, 5) is 0. The van der Waals surface area contributed by atoms with Crippen LogP contribution in [-0.4, -0.2) is 14.7 Å². The lowest BCUT2D eigenvalue weighted by Gasteiger charge is -2.13. The second kappa shape index (κ2) is 5.53. The molecule has 0 spiro atoms. The van der Waals surface area contributed by atoms with Gasteiger partial charge in [0.15, 0.2) is 0 Å². The molecule has 13 heavy (non-hydrogen) atoms. The molecule has 0 heterocycles. The minimum absolute atomic E-state index is 0.229. The molecule has 0 amide bonds. The Morgan fingerprint density at radius 3 is 2.31 bits per heavy atom. The molecule has 0 radical (unpaired) electrons. The number of hydrogen-bond donors (Lipinski definition) is 0. The minimum atomic E-state index is -1.08. The van der Waals surface area contributed by atoms with Crippen LogP contribution >= 0.6 is 0 Å². The van der Waals surface area contributed by atoms with Gasteiger partial charge in [0.2, 0.25) is 0 Å². The largest absolute Gasteiger partial charge is 0.234 e. The van der Waals surface area contributed by atoms with E-state index in [9.17, 15) is 4.21 Å². The van der Waals surface area contributed by atoms with Crippen molar-refractivity contribution < 1.29 is 4.21 Å². The van der Waals surface area contributed by atoms with Gasteiger partial charge >= 0.3 is 0 Å². The third kappa shape index (κ3) is 5.97. The van der Waals surface area contributed by atoms with Gasteiger partial charge in [-0.3, -0.25) is 0 Å². The Hall–Kier alpha value is -0.180. The quantitative estimate of drug-likeness (QED) is 0.646. The molecule has 0 fully saturated rings. The zero-order chi connectivity index (χ0) is 10.5. The summed E-state index contributed by atoms with van der Waals surface area (Å²) in [5.74, 6) is 0. The van der Waals surface area contributed by atoms with Gasteiger partial charge in [-0.2, -0.15) is 4.40 Å². The number of nitrogens with zero attached hydrogens (tertiary/aromatic N) is 1. The standard InChI is InChI=1S/C10H21NOS/c1-6-7-8-9(2)11-13(12)10(3,4)5/h6-8H2,1-5H3/b11-9+/t13-/m0/s1. The van der Waals surface area contributed by atoms with Gasteiger partial charge < -0.3 is 0 Å². The monoisotopic (exact) mass is 203 g/mol. The molecule has 0 rings (SSSR count). The Balaban J connectivity index is 4.15. The van der Waals surface area contributed by atoms with Crippen molar-refractivity contribution in [1.82, 2.24) is 0 Å². The Morgan fingerprint density at radius 1 is 1.38 bits per heavy atom. The van der Waals surface area contributed by atoms with Crippen LogP contribution in [0.3, 0.4) is 0 Å². The van der Waals surface area contributed by atoms with Crippen LogP contribution in [0.5, 0.6) is 0 Å². The molecule has 0 aromatic heterocycles. The van der Waals surface area contributed by atoms with Crippen LogP contribution in [0.1, 0.15) is 53.9 Å². The topological polar surface area (TPSA) is 29.4 Å². The lowest BCUT2D eigenvalue weighted by molar-refractivity contribution is 0.650. The first-order chi connectivity index (χ1) is 5.88. The Bertz CT molecular complexity index is 203. The van der Waals surface area contributed by atoms with Gasteiger partial charge in [0, 0.05) is 5.71 Å². The first-order valence-electron chi connectivity index (χ1n) is 4.84. The smallest absolute Gasteiger partial charge is 0.144 e. The van der Waals surface area contributed by atoms with Crippen LogP contribution in [0.15, 0.2) is 4.40 Å². The van der Waals surface area contributed by atoms with Gasteiger partial charge in [-0.15, -0.1) is 0 Å². The molecule has 0 unspecified atom stereocenters. The minimum Gasteiger partial charge on any atom is -0.234 e. The van der Waals surface area contributed by atoms with E-state index in [1.165, 1.54) is 0 Å². The van der Waals surface area contributed by atoms with E-state index in [4.69, 9.17) is 0 Å². The molecule has 0 saturated heterocycles. The molecule has 78 valence electrons. The second-order valence-corrected chi connectivity index (χ2v) is 6.20. The van der Waals surface area contributed by atoms with E-state index in [-0.39, 0.29) is 4.75 Å². The van der Waals surface area contributed by atoms with Crippen LogP contribution in [-0.2, 0) is 11.0 Å². The summed E-state index contributed by atoms with van der Waals surface area (Å²) in [5.41, 5.74) is 1.01. The van der Waals surface area contributed by atoms with Gasteiger partial charge in [-0.05, 0) is 40.5 Å². The Labute approximate surface area is 84.4 Å². The molecule has 0 saturated carbocycles. The maximum absolute atomic E-state index is 11.6. The van der Waals surface area contributed by atoms with Crippen LogP contribution in [0.4, 0.5) is 0 Å². The first kappa shape index (κ1) is 12.8. The lowest BCUT2D eigenvalue weighted by atomic mass is 10.2. The van der Waals surface area contributed by atoms with E-state index >= 15 is 0 Å². The zero-order valence-electron chi connectivity index (χ0n) is 9.39. The molecule has 0 bridgehead atoms. The van der Waals surface area contributed by atoms with Crippen LogP contribution in [0.25, 0.3) is 0 Å². The summed E-state index contributed by atoms with van der Waals surface area (Å²) in [6.45, 7) is 9.94. The highest BCUT2D eigenvalue weighted by molar-refractivity contribution is 7.85. The second-order valence-electron chi connectivity index (χ2n) is 4.29. The van der Waals surface area contributed by atoms with Crippen molar-refractivity contribution in [2.24, 2.45) is 4.40 Å². The third-order valence-electron chi connectivity index (χ3n) is 1.65. The summed E-state index contributed by atoms with van der Waals surface area (Å²) < 4.78 is 15.5. The highest BCUT2D eigenvalue weighted by atomic mass is 32.2. The normalized spacial score (nSPS) is 15.9. The molecule has 0 aromatic rings. The van der Waals surface area contributed by atoms with Gasteiger partial charge in [0.25, 0.3) is 0 Å². The maximum Gasteiger partial charge on any atom is 0.144 e. The summed E-state index contributed by atoms with van der Waals surface area (Å²) in [7, 11) is -1.08. The summed E-state index contributed by atoms with van der Waals surface area (Å²) in [6.07, 6.45) is 3.27. The molecule has 0 aliphatic rings. The van der Waals surface area contributed by atoms with Crippen molar-refractivity contribution in [3.8, 4) is 0 Å². The highest BCUT2D eigenvalue weighted by Crippen LogP contribution is 2.13. The molecular formula is C10H21NOS. The number of rotatable bonds is 4. The van der Waals surface area contributed by atoms with Crippen LogP contribution in [0.2, 0.25) is 0 Å². The van der Waals surface area contributed by atoms with Crippen molar-refractivity contribution in [3.05, 3.63) is 0 Å². The predicted molar refractivity (Wildman–Crippen MR) is 60.5 cm³/mol. The van der Waals surface area contributed by atoms with E-state index in [2.05, 4.69) is 11.3 Å². The molecule has 0 aliphatic carbocycles. The van der Waals surface area contributed by atoms with E-state index in [1.54, 1.807) is 0 Å². The zero-order valence-corrected chi connectivity index (χ0v) is 10.2. The lowest BCUT2D eigenvalue weighted by Crippen LogP contribution is -2.20. The van der Waals surface area contributed by atoms with Crippen molar-refractivity contribution in [2.75, 3.05) is 0 Å². The molecule has 2 nitrogen and oxygen atoms in total. The molecule has 0 aliphatic heterocycles. The van der Waals surface area contributed by atoms with Crippen LogP contribution < -0.4 is 0 Å². The van der Waals surface area contributed by atoms with Gasteiger partial charge in [-0.1, -0.05) is 13.3 Å². The van der Waals surface area contributed by atoms with Crippen molar-refractivity contribution in [2.45, 2.75) is 58.6 Å². The van der Waals surface area contributed by atoms with Crippen molar-refractivity contribution >= 4 is 16.7 Å². The van der Waals surface area contributed by atoms with Gasteiger partial charge in [0.1, 0.15) is 11.0 Å². The SMILES string of the molecule is CCCC/C(C)=N/[S@@](=O)C(C)(C)C. The van der Waals surface area contributed by atoms with Crippen molar-refractivity contribution in [1.29, 1.82) is 0 Å². The van der Waals surface area contributed by atoms with Crippen molar-refractivity contribution in [3.63, 3.8) is 0 Å². The molecule has 1 atom stereocenters. The first-order valence-corrected chi connectivity index (χ1v) is 5.94. The average molecular weight is 203 g/mol. The van der Waals surface area contributed by atoms with E-state index < -0.39 is 11.0 Å². The van der Waals surface area contributed by atoms with E-state index in [0.29, 0.717) is 0 Å². The predicted octanol–water partition coefficient (Wildman–Crippen LogP) is 3.10. The molecule has 3 heteroatoms. The number of hydrogen-bond acceptors (Lipinski definition) is 1. The van der Waals surface area contributed by atoms with E-state index in [0.717, 1.165) is 25.0 Å². The summed E-state index contributed by atoms with van der Waals surface area (Å²) in [5, 5.41) is 0. The third-order valence-corrected chi connectivity index (χ3v) is 3.18. The molecule has 0 N–H and O–H groups in total. The maximum atomic E-state index is 11.6. The van der Waals surface area contributed by atoms with E-state index in [1.807, 2.05) is 27.7 Å². The summed E-state index contributed by atoms with van der Waals surface area (Å²) >= 11 is 0. The van der Waals surface area contributed by atoms with Gasteiger partial charge in [0.05, 0.1) is 4.75 Å². The fourth-order valence-corrected chi connectivity index (χ4v) is 1.40. The number of unbranched alkanes of at least 4 members (excludes halogenated alkanes) is 1. The molecule has 0 aromatic carbocycles.